The molecule has 32 heavy (non-hydrogen) atoms. The van der Waals surface area contributed by atoms with E-state index in [1.165, 1.54) is 6.92 Å². The van der Waals surface area contributed by atoms with Gasteiger partial charge in [-0.15, -0.1) is 0 Å². The van der Waals surface area contributed by atoms with E-state index in [1.54, 1.807) is 0 Å². The number of benzene rings is 2. The zero-order valence-electron chi connectivity index (χ0n) is 16.0. The van der Waals surface area contributed by atoms with Gasteiger partial charge in [0.1, 0.15) is 5.75 Å². The molecular weight excluding hydrogens is 448 g/mol. The SMILES string of the molecule is Cc1c(CC(=O)O)c2cc(O)c(F)cc2n1C(=O)c1ccc(OC(F)(F)C(F)(F)F)cc1. The number of rotatable bonds is 5. The average molecular weight is 461 g/mol. The van der Waals surface area contributed by atoms with Crippen molar-refractivity contribution in [3.05, 3.63) is 59.0 Å². The number of hydrogen-bond donors (Lipinski definition) is 2. The molecule has 3 rings (SSSR count). The number of aromatic hydroxyl groups is 1. The van der Waals surface area contributed by atoms with Crippen molar-refractivity contribution < 1.29 is 50.9 Å². The molecule has 0 fully saturated rings. The number of aromatic nitrogens is 1. The van der Waals surface area contributed by atoms with Gasteiger partial charge in [-0.2, -0.15) is 22.0 Å². The van der Waals surface area contributed by atoms with E-state index in [-0.39, 0.29) is 27.7 Å². The molecule has 0 unspecified atom stereocenters. The normalized spacial score (nSPS) is 12.2. The van der Waals surface area contributed by atoms with Gasteiger partial charge in [0.15, 0.2) is 11.6 Å². The molecule has 0 atom stereocenters. The largest absolute Gasteiger partial charge is 0.505 e. The number of phenols is 1. The van der Waals surface area contributed by atoms with Crippen LogP contribution in [-0.2, 0) is 11.2 Å². The fourth-order valence-electron chi connectivity index (χ4n) is 3.13. The third kappa shape index (κ3) is 4.07. The van der Waals surface area contributed by atoms with Crippen molar-refractivity contribution in [2.75, 3.05) is 0 Å². The van der Waals surface area contributed by atoms with Crippen molar-refractivity contribution in [2.45, 2.75) is 25.6 Å². The number of alkyl halides is 5. The molecule has 0 saturated heterocycles. The van der Waals surface area contributed by atoms with E-state index in [0.717, 1.165) is 41.0 Å². The van der Waals surface area contributed by atoms with Gasteiger partial charge in [-0.25, -0.2) is 4.39 Å². The summed E-state index contributed by atoms with van der Waals surface area (Å²) in [5.74, 6) is -4.80. The minimum absolute atomic E-state index is 0.0667. The van der Waals surface area contributed by atoms with Crippen LogP contribution in [0.2, 0.25) is 0 Å². The Morgan fingerprint density at radius 1 is 1.06 bits per heavy atom. The highest BCUT2D eigenvalue weighted by Gasteiger charge is 2.61. The van der Waals surface area contributed by atoms with Gasteiger partial charge in [-0.3, -0.25) is 14.2 Å². The summed E-state index contributed by atoms with van der Waals surface area (Å²) in [7, 11) is 0. The van der Waals surface area contributed by atoms with Crippen LogP contribution in [0.4, 0.5) is 26.3 Å². The highest BCUT2D eigenvalue weighted by Crippen LogP contribution is 2.37. The van der Waals surface area contributed by atoms with Crippen LogP contribution in [0.25, 0.3) is 10.9 Å². The Hall–Kier alpha value is -3.70. The quantitative estimate of drug-likeness (QED) is 0.541. The van der Waals surface area contributed by atoms with Gasteiger partial charge in [0.25, 0.3) is 5.91 Å². The molecule has 12 heteroatoms. The van der Waals surface area contributed by atoms with Gasteiger partial charge in [-0.1, -0.05) is 0 Å². The minimum atomic E-state index is -5.95. The second-order valence-electron chi connectivity index (χ2n) is 6.74. The van der Waals surface area contributed by atoms with E-state index in [4.69, 9.17) is 5.11 Å². The first-order chi connectivity index (χ1) is 14.7. The summed E-state index contributed by atoms with van der Waals surface area (Å²) in [6, 6.07) is 5.07. The smallest absolute Gasteiger partial charge is 0.499 e. The van der Waals surface area contributed by atoms with Crippen LogP contribution in [0.5, 0.6) is 11.5 Å². The van der Waals surface area contributed by atoms with Gasteiger partial charge in [0.05, 0.1) is 11.9 Å². The molecule has 0 aliphatic heterocycles. The van der Waals surface area contributed by atoms with E-state index < -0.39 is 47.9 Å². The summed E-state index contributed by atoms with van der Waals surface area (Å²) in [6.07, 6.45) is -11.9. The summed E-state index contributed by atoms with van der Waals surface area (Å²) in [4.78, 5) is 24.2. The van der Waals surface area contributed by atoms with Crippen molar-refractivity contribution in [3.8, 4) is 11.5 Å². The van der Waals surface area contributed by atoms with Gasteiger partial charge in [-0.05, 0) is 42.8 Å². The molecular formula is C20H13F6NO5. The minimum Gasteiger partial charge on any atom is -0.505 e. The van der Waals surface area contributed by atoms with Gasteiger partial charge < -0.3 is 14.9 Å². The lowest BCUT2D eigenvalue weighted by atomic mass is 10.1. The first-order valence-corrected chi connectivity index (χ1v) is 8.75. The molecule has 0 spiro atoms. The highest BCUT2D eigenvalue weighted by molar-refractivity contribution is 6.05. The van der Waals surface area contributed by atoms with Crippen molar-refractivity contribution >= 4 is 22.8 Å². The number of carbonyl (C=O) groups is 2. The molecule has 170 valence electrons. The molecule has 1 heterocycles. The fraction of sp³-hybridized carbons (Fsp3) is 0.200. The molecule has 0 saturated carbocycles. The molecule has 2 aromatic carbocycles. The van der Waals surface area contributed by atoms with Crippen LogP contribution in [0.3, 0.4) is 0 Å². The zero-order chi connectivity index (χ0) is 24.0. The lowest BCUT2D eigenvalue weighted by molar-refractivity contribution is -0.360. The maximum absolute atomic E-state index is 13.9. The predicted octanol–water partition coefficient (Wildman–Crippen LogP) is 4.64. The van der Waals surface area contributed by atoms with Crippen LogP contribution in [0.15, 0.2) is 36.4 Å². The average Bonchev–Trinajstić information content (AvgIpc) is 2.92. The molecule has 2 N–H and O–H groups in total. The number of nitrogens with zero attached hydrogens (tertiary/aromatic N) is 1. The Kier molecular flexibility index (Phi) is 5.58. The fourth-order valence-corrected chi connectivity index (χ4v) is 3.13. The maximum Gasteiger partial charge on any atom is 0.499 e. The van der Waals surface area contributed by atoms with Crippen LogP contribution < -0.4 is 4.74 Å². The Morgan fingerprint density at radius 3 is 2.19 bits per heavy atom. The lowest BCUT2D eigenvalue weighted by Gasteiger charge is -2.20. The molecule has 6 nitrogen and oxygen atoms in total. The summed E-state index contributed by atoms with van der Waals surface area (Å²) >= 11 is 0. The van der Waals surface area contributed by atoms with Gasteiger partial charge in [0.2, 0.25) is 0 Å². The topological polar surface area (TPSA) is 88.8 Å². The summed E-state index contributed by atoms with van der Waals surface area (Å²) < 4.78 is 81.4. The number of halogens is 6. The molecule has 3 aromatic rings. The number of carboxylic acid groups (broad SMARTS) is 1. The van der Waals surface area contributed by atoms with E-state index in [0.29, 0.717) is 0 Å². The summed E-state index contributed by atoms with van der Waals surface area (Å²) in [5, 5.41) is 18.9. The third-order valence-electron chi connectivity index (χ3n) is 4.61. The predicted molar refractivity (Wildman–Crippen MR) is 97.4 cm³/mol. The van der Waals surface area contributed by atoms with E-state index in [9.17, 15) is 41.0 Å². The van der Waals surface area contributed by atoms with Gasteiger partial charge >= 0.3 is 18.3 Å². The zero-order valence-corrected chi connectivity index (χ0v) is 16.0. The van der Waals surface area contributed by atoms with Crippen molar-refractivity contribution in [1.29, 1.82) is 0 Å². The Balaban J connectivity index is 2.04. The molecule has 1 aromatic heterocycles. The standard InChI is InChI=1S/C20H13F6NO5/c1-9-12(7-17(29)30)13-6-16(28)14(21)8-15(13)27(9)18(31)10-2-4-11(5-3-10)32-20(25,26)19(22,23)24/h2-6,8,28H,7H2,1H3,(H,29,30). The Bertz CT molecular complexity index is 1210. The number of phenolic OH excluding ortho intramolecular Hbond substituents is 1. The Labute approximate surface area is 175 Å². The van der Waals surface area contributed by atoms with Crippen LogP contribution in [0, 0.1) is 12.7 Å². The van der Waals surface area contributed by atoms with Crippen LogP contribution in [-0.4, -0.2) is 38.9 Å². The monoisotopic (exact) mass is 461 g/mol. The Morgan fingerprint density at radius 2 is 1.66 bits per heavy atom. The first-order valence-electron chi connectivity index (χ1n) is 8.75. The number of ether oxygens (including phenoxy) is 1. The summed E-state index contributed by atoms with van der Waals surface area (Å²) in [5.41, 5.74) is -0.0201. The van der Waals surface area contributed by atoms with Crippen molar-refractivity contribution in [1.82, 2.24) is 4.57 Å². The second-order valence-corrected chi connectivity index (χ2v) is 6.74. The maximum atomic E-state index is 13.9. The third-order valence-corrected chi connectivity index (χ3v) is 4.61. The first kappa shape index (κ1) is 23.0. The van der Waals surface area contributed by atoms with Crippen LogP contribution in [0.1, 0.15) is 21.6 Å². The molecule has 0 bridgehead atoms. The molecule has 0 aliphatic carbocycles. The molecule has 0 amide bonds. The molecule has 0 aliphatic rings. The summed E-state index contributed by atoms with van der Waals surface area (Å²) in [6.45, 7) is 1.38. The van der Waals surface area contributed by atoms with Crippen molar-refractivity contribution in [3.63, 3.8) is 0 Å². The number of hydrogen-bond acceptors (Lipinski definition) is 4. The lowest BCUT2D eigenvalue weighted by Crippen LogP contribution is -2.41. The van der Waals surface area contributed by atoms with Crippen LogP contribution >= 0.6 is 0 Å². The van der Waals surface area contributed by atoms with Gasteiger partial charge in [0, 0.05) is 22.7 Å². The molecule has 0 radical (unpaired) electrons. The number of fused-ring (bicyclic) bond motifs is 1. The second kappa shape index (κ2) is 7.77. The van der Waals surface area contributed by atoms with E-state index >= 15 is 0 Å². The number of aliphatic carboxylic acids is 1. The van der Waals surface area contributed by atoms with E-state index in [2.05, 4.69) is 4.74 Å². The van der Waals surface area contributed by atoms with Crippen molar-refractivity contribution in [2.24, 2.45) is 0 Å². The van der Waals surface area contributed by atoms with E-state index in [1.807, 2.05) is 0 Å². The number of carbonyl (C=O) groups excluding carboxylic acids is 1. The number of carboxylic acids is 1. The highest BCUT2D eigenvalue weighted by atomic mass is 19.4.